The third-order valence-corrected chi connectivity index (χ3v) is 6.45. The minimum absolute atomic E-state index is 0.113. The Balaban J connectivity index is 1.84. The number of esters is 1. The Hall–Kier alpha value is -2.30. The van der Waals surface area contributed by atoms with E-state index in [1.807, 2.05) is 6.07 Å². The van der Waals surface area contributed by atoms with Gasteiger partial charge in [-0.2, -0.15) is 10.2 Å². The Labute approximate surface area is 146 Å². The van der Waals surface area contributed by atoms with Crippen molar-refractivity contribution in [3.8, 4) is 11.3 Å². The molecule has 0 spiro atoms. The van der Waals surface area contributed by atoms with Crippen LogP contribution in [-0.4, -0.2) is 22.3 Å². The minimum atomic E-state index is -0.389. The van der Waals surface area contributed by atoms with Crippen molar-refractivity contribution in [2.45, 2.75) is 51.6 Å². The van der Waals surface area contributed by atoms with Gasteiger partial charge in [0.2, 0.25) is 0 Å². The number of carbonyl (C=O) groups excluding carboxylic acids is 1. The summed E-state index contributed by atoms with van der Waals surface area (Å²) >= 11 is 0. The van der Waals surface area contributed by atoms with Crippen molar-refractivity contribution in [2.75, 3.05) is 0 Å². The van der Waals surface area contributed by atoms with E-state index in [1.54, 1.807) is 18.2 Å². The van der Waals surface area contributed by atoms with Crippen LogP contribution in [0.15, 0.2) is 30.3 Å². The fraction of sp³-hybridized carbons (Fsp3) is 0.450. The maximum atomic E-state index is 14.1. The predicted molar refractivity (Wildman–Crippen MR) is 91.5 cm³/mol. The lowest BCUT2D eigenvalue weighted by Crippen LogP contribution is -2.43. The van der Waals surface area contributed by atoms with Crippen LogP contribution in [0.25, 0.3) is 11.3 Å². The lowest BCUT2D eigenvalue weighted by atomic mass is 9.69. The minimum Gasteiger partial charge on any atom is -0.462 e. The standard InChI is InChI=1S/C20H21FN2O2/c1-11(24)25-17-10-14-13-9-16(12-7-5-6-8-15(12)21)22-23-18(13)20(17,4)19(14,2)3/h5-9,14,17H,10H2,1-4H3/t14-,17+,20+/m0/s1. The van der Waals surface area contributed by atoms with E-state index >= 15 is 0 Å². The summed E-state index contributed by atoms with van der Waals surface area (Å²) in [6.07, 6.45) is 0.560. The molecule has 0 amide bonds. The fourth-order valence-corrected chi connectivity index (χ4v) is 4.74. The summed E-state index contributed by atoms with van der Waals surface area (Å²) in [6.45, 7) is 7.91. The Morgan fingerprint density at radius 3 is 2.64 bits per heavy atom. The quantitative estimate of drug-likeness (QED) is 0.776. The first-order chi connectivity index (χ1) is 11.8. The van der Waals surface area contributed by atoms with E-state index in [1.165, 1.54) is 13.0 Å². The number of hydrogen-bond acceptors (Lipinski definition) is 4. The van der Waals surface area contributed by atoms with Crippen LogP contribution in [0.2, 0.25) is 0 Å². The van der Waals surface area contributed by atoms with E-state index in [-0.39, 0.29) is 34.6 Å². The average Bonchev–Trinajstić information content (AvgIpc) is 2.85. The Kier molecular flexibility index (Phi) is 3.30. The van der Waals surface area contributed by atoms with Gasteiger partial charge < -0.3 is 4.74 Å². The van der Waals surface area contributed by atoms with Crippen molar-refractivity contribution in [2.24, 2.45) is 5.41 Å². The second-order valence-corrected chi connectivity index (χ2v) is 7.82. The number of ether oxygens (including phenoxy) is 1. The molecule has 0 saturated heterocycles. The second-order valence-electron chi connectivity index (χ2n) is 7.82. The molecular formula is C20H21FN2O2. The van der Waals surface area contributed by atoms with Gasteiger partial charge in [-0.25, -0.2) is 4.39 Å². The number of carbonyl (C=O) groups is 1. The van der Waals surface area contributed by atoms with Gasteiger partial charge in [-0.1, -0.05) is 26.0 Å². The first kappa shape index (κ1) is 16.2. The van der Waals surface area contributed by atoms with Gasteiger partial charge in [0.25, 0.3) is 0 Å². The van der Waals surface area contributed by atoms with Gasteiger partial charge in [-0.3, -0.25) is 4.79 Å². The maximum absolute atomic E-state index is 14.1. The molecule has 2 aromatic rings. The molecule has 2 aliphatic rings. The van der Waals surface area contributed by atoms with Crippen LogP contribution in [-0.2, 0) is 14.9 Å². The second kappa shape index (κ2) is 5.10. The van der Waals surface area contributed by atoms with E-state index in [9.17, 15) is 9.18 Å². The van der Waals surface area contributed by atoms with Crippen LogP contribution in [0.4, 0.5) is 4.39 Å². The van der Waals surface area contributed by atoms with Crippen LogP contribution in [0, 0.1) is 11.2 Å². The van der Waals surface area contributed by atoms with E-state index in [0.29, 0.717) is 11.3 Å². The molecule has 4 nitrogen and oxygen atoms in total. The molecule has 0 aliphatic heterocycles. The van der Waals surface area contributed by atoms with Crippen LogP contribution in [0.5, 0.6) is 0 Å². The van der Waals surface area contributed by atoms with Gasteiger partial charge in [0.15, 0.2) is 0 Å². The molecule has 5 heteroatoms. The topological polar surface area (TPSA) is 52.1 Å². The molecule has 2 bridgehead atoms. The number of rotatable bonds is 2. The average molecular weight is 340 g/mol. The molecule has 1 aromatic heterocycles. The monoisotopic (exact) mass is 340 g/mol. The molecular weight excluding hydrogens is 319 g/mol. The normalized spacial score (nSPS) is 28.7. The molecule has 1 fully saturated rings. The van der Waals surface area contributed by atoms with Gasteiger partial charge in [0, 0.05) is 12.5 Å². The Bertz CT molecular complexity index is 880. The third kappa shape index (κ3) is 2.01. The molecule has 2 aliphatic carbocycles. The summed E-state index contributed by atoms with van der Waals surface area (Å²) in [5.41, 5.74) is 2.48. The molecule has 0 N–H and O–H groups in total. The van der Waals surface area contributed by atoms with Gasteiger partial charge in [0.05, 0.1) is 16.8 Å². The molecule has 1 saturated carbocycles. The number of nitrogens with zero attached hydrogens (tertiary/aromatic N) is 2. The van der Waals surface area contributed by atoms with Crippen molar-refractivity contribution in [3.63, 3.8) is 0 Å². The maximum Gasteiger partial charge on any atom is 0.302 e. The molecule has 25 heavy (non-hydrogen) atoms. The van der Waals surface area contributed by atoms with Crippen LogP contribution < -0.4 is 0 Å². The van der Waals surface area contributed by atoms with Crippen LogP contribution in [0.1, 0.15) is 51.3 Å². The van der Waals surface area contributed by atoms with Gasteiger partial charge in [-0.05, 0) is 48.4 Å². The zero-order valence-corrected chi connectivity index (χ0v) is 14.8. The summed E-state index contributed by atoms with van der Waals surface area (Å²) in [5.74, 6) is -0.367. The summed E-state index contributed by atoms with van der Waals surface area (Å²) in [6, 6.07) is 8.56. The van der Waals surface area contributed by atoms with Gasteiger partial charge >= 0.3 is 5.97 Å². The highest BCUT2D eigenvalue weighted by Gasteiger charge is 2.67. The first-order valence-corrected chi connectivity index (χ1v) is 8.57. The number of aromatic nitrogens is 2. The number of hydrogen-bond donors (Lipinski definition) is 0. The molecule has 3 atom stereocenters. The van der Waals surface area contributed by atoms with E-state index in [2.05, 4.69) is 31.0 Å². The first-order valence-electron chi connectivity index (χ1n) is 8.57. The Morgan fingerprint density at radius 1 is 1.24 bits per heavy atom. The highest BCUT2D eigenvalue weighted by molar-refractivity contribution is 5.67. The molecule has 4 rings (SSSR count). The highest BCUT2D eigenvalue weighted by atomic mass is 19.1. The predicted octanol–water partition coefficient (Wildman–Crippen LogP) is 4.00. The van der Waals surface area contributed by atoms with Crippen molar-refractivity contribution in [1.82, 2.24) is 10.2 Å². The van der Waals surface area contributed by atoms with E-state index in [4.69, 9.17) is 4.74 Å². The summed E-state index contributed by atoms with van der Waals surface area (Å²) in [7, 11) is 0. The fourth-order valence-electron chi connectivity index (χ4n) is 4.74. The van der Waals surface area contributed by atoms with Crippen LogP contribution >= 0.6 is 0 Å². The Morgan fingerprint density at radius 2 is 1.96 bits per heavy atom. The molecule has 0 unspecified atom stereocenters. The smallest absolute Gasteiger partial charge is 0.302 e. The third-order valence-electron chi connectivity index (χ3n) is 6.45. The highest BCUT2D eigenvalue weighted by Crippen LogP contribution is 2.67. The number of fused-ring (bicyclic) bond motifs is 5. The zero-order chi connectivity index (χ0) is 18.0. The summed E-state index contributed by atoms with van der Waals surface area (Å²) in [4.78, 5) is 11.5. The van der Waals surface area contributed by atoms with Gasteiger partial charge in [0.1, 0.15) is 11.9 Å². The lowest BCUT2D eigenvalue weighted by Gasteiger charge is -2.37. The summed E-state index contributed by atoms with van der Waals surface area (Å²) < 4.78 is 19.7. The van der Waals surface area contributed by atoms with E-state index < -0.39 is 0 Å². The van der Waals surface area contributed by atoms with Crippen LogP contribution in [0.3, 0.4) is 0 Å². The molecule has 0 radical (unpaired) electrons. The lowest BCUT2D eigenvalue weighted by molar-refractivity contribution is -0.150. The largest absolute Gasteiger partial charge is 0.462 e. The van der Waals surface area contributed by atoms with Crippen molar-refractivity contribution >= 4 is 5.97 Å². The van der Waals surface area contributed by atoms with Gasteiger partial charge in [-0.15, -0.1) is 0 Å². The molecule has 1 heterocycles. The molecule has 1 aromatic carbocycles. The molecule has 130 valence electrons. The van der Waals surface area contributed by atoms with Crippen molar-refractivity contribution in [1.29, 1.82) is 0 Å². The SMILES string of the molecule is CC(=O)O[C@@H]1C[C@H]2c3cc(-c4ccccc4F)nnc3[C@]1(C)C2(C)C. The zero-order valence-electron chi connectivity index (χ0n) is 14.8. The van der Waals surface area contributed by atoms with Crippen molar-refractivity contribution in [3.05, 3.63) is 47.4 Å². The number of halogens is 1. The van der Waals surface area contributed by atoms with Crippen molar-refractivity contribution < 1.29 is 13.9 Å². The van der Waals surface area contributed by atoms with E-state index in [0.717, 1.165) is 17.7 Å². The summed E-state index contributed by atoms with van der Waals surface area (Å²) in [5, 5.41) is 8.77. The number of benzene rings is 1.